The molecule has 0 aromatic carbocycles. The van der Waals surface area contributed by atoms with Crippen molar-refractivity contribution in [1.29, 1.82) is 0 Å². The van der Waals surface area contributed by atoms with Crippen LogP contribution in [0, 0.1) is 0 Å². The number of carbonyl (C=O) groups is 1. The zero-order valence-corrected chi connectivity index (χ0v) is 9.57. The normalized spacial score (nSPS) is 11.6. The molecular weight excluding hydrogens is 238 g/mol. The van der Waals surface area contributed by atoms with Crippen molar-refractivity contribution in [3.05, 3.63) is 17.3 Å². The van der Waals surface area contributed by atoms with Crippen molar-refractivity contribution in [2.24, 2.45) is 0 Å². The second-order valence-corrected chi connectivity index (χ2v) is 5.33. The third kappa shape index (κ3) is 3.31. The van der Waals surface area contributed by atoms with Crippen LogP contribution in [-0.4, -0.2) is 37.8 Å². The molecule has 0 unspecified atom stereocenters. The van der Waals surface area contributed by atoms with Gasteiger partial charge in [0.1, 0.15) is 11.4 Å². The van der Waals surface area contributed by atoms with Crippen LogP contribution in [-0.2, 0) is 26.9 Å². The summed E-state index contributed by atoms with van der Waals surface area (Å²) in [7, 11) is -1.94. The Labute approximate surface area is 92.0 Å². The number of ether oxygens (including phenoxy) is 1. The van der Waals surface area contributed by atoms with Crippen molar-refractivity contribution >= 4 is 15.8 Å². The first-order valence-electron chi connectivity index (χ1n) is 4.22. The Kier molecular flexibility index (Phi) is 3.66. The van der Waals surface area contributed by atoms with Gasteiger partial charge in [-0.25, -0.2) is 18.2 Å². The topological polar surface area (TPSA) is 107 Å². The number of aromatic nitrogens is 1. The first-order valence-corrected chi connectivity index (χ1v) is 6.28. The minimum absolute atomic E-state index is 0.0467. The molecule has 0 fully saturated rings. The molecule has 0 saturated carbocycles. The molecule has 0 atom stereocenters. The van der Waals surface area contributed by atoms with Crippen LogP contribution in [0.1, 0.15) is 22.1 Å². The fourth-order valence-electron chi connectivity index (χ4n) is 1.09. The standard InChI is InChI=1S/C8H11NO6S/c1-14-3-5-7(8(10)11)15-6(9-5)4-16(2,12)13/h3-4H2,1-2H3,(H,10,11). The summed E-state index contributed by atoms with van der Waals surface area (Å²) >= 11 is 0. The molecule has 0 spiro atoms. The van der Waals surface area contributed by atoms with Gasteiger partial charge in [0.2, 0.25) is 11.7 Å². The zero-order chi connectivity index (χ0) is 12.3. The Morgan fingerprint density at radius 2 is 2.19 bits per heavy atom. The number of carboxylic acids is 1. The van der Waals surface area contributed by atoms with Gasteiger partial charge in [0.15, 0.2) is 9.84 Å². The molecule has 1 aromatic heterocycles. The lowest BCUT2D eigenvalue weighted by Gasteiger charge is -1.92. The summed E-state index contributed by atoms with van der Waals surface area (Å²) in [6, 6.07) is 0. The molecule has 1 rings (SSSR count). The lowest BCUT2D eigenvalue weighted by molar-refractivity contribution is 0.0654. The fourth-order valence-corrected chi connectivity index (χ4v) is 1.66. The maximum Gasteiger partial charge on any atom is 0.373 e. The molecule has 0 aliphatic carbocycles. The van der Waals surface area contributed by atoms with Crippen LogP contribution in [0.2, 0.25) is 0 Å². The van der Waals surface area contributed by atoms with E-state index < -0.39 is 21.6 Å². The maximum atomic E-state index is 11.0. The van der Waals surface area contributed by atoms with E-state index in [1.807, 2.05) is 0 Å². The molecule has 1 heterocycles. The summed E-state index contributed by atoms with van der Waals surface area (Å²) in [6.45, 7) is -0.0467. The molecule has 0 bridgehead atoms. The fraction of sp³-hybridized carbons (Fsp3) is 0.500. The number of carboxylic acid groups (broad SMARTS) is 1. The number of hydrogen-bond acceptors (Lipinski definition) is 6. The highest BCUT2D eigenvalue weighted by Crippen LogP contribution is 2.14. The number of aromatic carboxylic acids is 1. The molecule has 90 valence electrons. The molecular formula is C8H11NO6S. The summed E-state index contributed by atoms with van der Waals surface area (Å²) in [6.07, 6.45) is 1.01. The SMILES string of the molecule is COCc1nc(CS(C)(=O)=O)oc1C(=O)O. The molecule has 0 aliphatic rings. The van der Waals surface area contributed by atoms with Gasteiger partial charge in [-0.3, -0.25) is 0 Å². The van der Waals surface area contributed by atoms with E-state index in [-0.39, 0.29) is 24.0 Å². The lowest BCUT2D eigenvalue weighted by atomic mass is 10.3. The average Bonchev–Trinajstić information content (AvgIpc) is 2.45. The second kappa shape index (κ2) is 4.62. The van der Waals surface area contributed by atoms with Gasteiger partial charge in [0.05, 0.1) is 6.61 Å². The number of oxazole rings is 1. The number of hydrogen-bond donors (Lipinski definition) is 1. The minimum atomic E-state index is -3.31. The predicted octanol–water partition coefficient (Wildman–Crippen LogP) is 0.0638. The molecule has 0 amide bonds. The highest BCUT2D eigenvalue weighted by molar-refractivity contribution is 7.89. The third-order valence-corrected chi connectivity index (χ3v) is 2.37. The largest absolute Gasteiger partial charge is 0.475 e. The summed E-state index contributed by atoms with van der Waals surface area (Å²) in [5.41, 5.74) is 0.0775. The van der Waals surface area contributed by atoms with Gasteiger partial charge in [0, 0.05) is 13.4 Å². The number of rotatable bonds is 5. The summed E-state index contributed by atoms with van der Waals surface area (Å²) in [4.78, 5) is 14.5. The van der Waals surface area contributed by atoms with Crippen molar-refractivity contribution in [3.63, 3.8) is 0 Å². The van der Waals surface area contributed by atoms with Gasteiger partial charge in [-0.1, -0.05) is 0 Å². The van der Waals surface area contributed by atoms with E-state index in [1.165, 1.54) is 7.11 Å². The number of nitrogens with zero attached hydrogens (tertiary/aromatic N) is 1. The third-order valence-electron chi connectivity index (χ3n) is 1.60. The van der Waals surface area contributed by atoms with E-state index in [9.17, 15) is 13.2 Å². The highest BCUT2D eigenvalue weighted by atomic mass is 32.2. The lowest BCUT2D eigenvalue weighted by Crippen LogP contribution is -2.01. The van der Waals surface area contributed by atoms with E-state index in [0.29, 0.717) is 0 Å². The predicted molar refractivity (Wildman–Crippen MR) is 52.7 cm³/mol. The molecule has 0 radical (unpaired) electrons. The number of methoxy groups -OCH3 is 1. The second-order valence-electron chi connectivity index (χ2n) is 3.19. The van der Waals surface area contributed by atoms with Gasteiger partial charge in [-0.15, -0.1) is 0 Å². The first-order chi connectivity index (χ1) is 7.33. The van der Waals surface area contributed by atoms with Crippen LogP contribution in [0.15, 0.2) is 4.42 Å². The zero-order valence-electron chi connectivity index (χ0n) is 8.76. The number of sulfone groups is 1. The Balaban J connectivity index is 3.06. The van der Waals surface area contributed by atoms with E-state index >= 15 is 0 Å². The van der Waals surface area contributed by atoms with Gasteiger partial charge in [-0.05, 0) is 0 Å². The van der Waals surface area contributed by atoms with E-state index in [4.69, 9.17) is 14.3 Å². The Bertz CT molecular complexity index is 489. The summed E-state index contributed by atoms with van der Waals surface area (Å²) in [5, 5.41) is 8.77. The van der Waals surface area contributed by atoms with Gasteiger partial charge >= 0.3 is 5.97 Å². The van der Waals surface area contributed by atoms with Crippen LogP contribution in [0.4, 0.5) is 0 Å². The van der Waals surface area contributed by atoms with Gasteiger partial charge in [0.25, 0.3) is 0 Å². The quantitative estimate of drug-likeness (QED) is 0.786. The van der Waals surface area contributed by atoms with Gasteiger partial charge in [-0.2, -0.15) is 0 Å². The Hall–Kier alpha value is -1.41. The monoisotopic (exact) mass is 249 g/mol. The molecule has 1 N–H and O–H groups in total. The van der Waals surface area contributed by atoms with E-state index in [0.717, 1.165) is 6.26 Å². The molecule has 0 saturated heterocycles. The van der Waals surface area contributed by atoms with E-state index in [2.05, 4.69) is 4.98 Å². The molecule has 7 nitrogen and oxygen atoms in total. The van der Waals surface area contributed by atoms with E-state index in [1.54, 1.807) is 0 Å². The smallest absolute Gasteiger partial charge is 0.373 e. The van der Waals surface area contributed by atoms with Crippen LogP contribution in [0.25, 0.3) is 0 Å². The van der Waals surface area contributed by atoms with Crippen molar-refractivity contribution in [2.75, 3.05) is 13.4 Å². The van der Waals surface area contributed by atoms with Crippen molar-refractivity contribution < 1.29 is 27.5 Å². The average molecular weight is 249 g/mol. The van der Waals surface area contributed by atoms with Crippen LogP contribution in [0.3, 0.4) is 0 Å². The molecule has 0 aliphatic heterocycles. The Morgan fingerprint density at radius 3 is 2.62 bits per heavy atom. The highest BCUT2D eigenvalue weighted by Gasteiger charge is 2.21. The molecule has 8 heteroatoms. The van der Waals surface area contributed by atoms with Crippen LogP contribution >= 0.6 is 0 Å². The Morgan fingerprint density at radius 1 is 1.56 bits per heavy atom. The summed E-state index contributed by atoms with van der Waals surface area (Å²) in [5.74, 6) is -2.27. The maximum absolute atomic E-state index is 11.0. The molecule has 1 aromatic rings. The van der Waals surface area contributed by atoms with Crippen molar-refractivity contribution in [2.45, 2.75) is 12.4 Å². The van der Waals surface area contributed by atoms with Crippen LogP contribution < -0.4 is 0 Å². The molecule has 16 heavy (non-hydrogen) atoms. The van der Waals surface area contributed by atoms with Gasteiger partial charge < -0.3 is 14.3 Å². The van der Waals surface area contributed by atoms with Crippen molar-refractivity contribution in [3.8, 4) is 0 Å². The summed E-state index contributed by atoms with van der Waals surface area (Å²) < 4.78 is 31.5. The minimum Gasteiger partial charge on any atom is -0.475 e. The van der Waals surface area contributed by atoms with Crippen molar-refractivity contribution in [1.82, 2.24) is 4.98 Å². The van der Waals surface area contributed by atoms with Crippen LogP contribution in [0.5, 0.6) is 0 Å². The first kappa shape index (κ1) is 12.7.